The SMILES string of the molecule is CC(=O)Nc1cccc(C(C)Nc2cc(F)ncn2)c1. The number of amides is 1. The largest absolute Gasteiger partial charge is 0.363 e. The number of nitrogens with zero attached hydrogens (tertiary/aromatic N) is 2. The van der Waals surface area contributed by atoms with Gasteiger partial charge in [0.25, 0.3) is 0 Å². The molecule has 20 heavy (non-hydrogen) atoms. The van der Waals surface area contributed by atoms with E-state index in [1.54, 1.807) is 0 Å². The average molecular weight is 274 g/mol. The molecule has 1 heterocycles. The van der Waals surface area contributed by atoms with Gasteiger partial charge in [-0.1, -0.05) is 12.1 Å². The van der Waals surface area contributed by atoms with Crippen molar-refractivity contribution in [3.05, 3.63) is 48.2 Å². The number of anilines is 2. The molecule has 0 bridgehead atoms. The Hall–Kier alpha value is -2.50. The van der Waals surface area contributed by atoms with Crippen LogP contribution in [0.2, 0.25) is 0 Å². The molecule has 0 saturated carbocycles. The topological polar surface area (TPSA) is 66.9 Å². The van der Waals surface area contributed by atoms with E-state index in [4.69, 9.17) is 0 Å². The van der Waals surface area contributed by atoms with Gasteiger partial charge in [0, 0.05) is 18.7 Å². The van der Waals surface area contributed by atoms with E-state index < -0.39 is 5.95 Å². The van der Waals surface area contributed by atoms with Crippen LogP contribution >= 0.6 is 0 Å². The lowest BCUT2D eigenvalue weighted by molar-refractivity contribution is -0.114. The number of benzene rings is 1. The molecule has 1 amide bonds. The van der Waals surface area contributed by atoms with Gasteiger partial charge in [0.05, 0.1) is 6.04 Å². The molecule has 1 aromatic carbocycles. The van der Waals surface area contributed by atoms with Crippen LogP contribution in [0.4, 0.5) is 15.9 Å². The summed E-state index contributed by atoms with van der Waals surface area (Å²) in [4.78, 5) is 18.4. The highest BCUT2D eigenvalue weighted by atomic mass is 19.1. The van der Waals surface area contributed by atoms with Crippen LogP contribution in [0.25, 0.3) is 0 Å². The number of rotatable bonds is 4. The fourth-order valence-electron chi connectivity index (χ4n) is 1.81. The van der Waals surface area contributed by atoms with Crippen LogP contribution in [-0.2, 0) is 4.79 Å². The standard InChI is InChI=1S/C14H15FN4O/c1-9(18-14-7-13(15)16-8-17-14)11-4-3-5-12(6-11)19-10(2)20/h3-9H,1-2H3,(H,19,20)(H,16,17,18). The normalized spacial score (nSPS) is 11.8. The van der Waals surface area contributed by atoms with Crippen molar-refractivity contribution >= 4 is 17.4 Å². The summed E-state index contributed by atoms with van der Waals surface area (Å²) in [5.41, 5.74) is 1.67. The molecule has 1 unspecified atom stereocenters. The molecular weight excluding hydrogens is 259 g/mol. The maximum atomic E-state index is 13.0. The van der Waals surface area contributed by atoms with Gasteiger partial charge in [0.1, 0.15) is 12.1 Å². The summed E-state index contributed by atoms with van der Waals surface area (Å²) in [6.45, 7) is 3.38. The quantitative estimate of drug-likeness (QED) is 0.841. The molecule has 0 aliphatic carbocycles. The molecule has 2 N–H and O–H groups in total. The molecule has 0 radical (unpaired) electrons. The first-order valence-corrected chi connectivity index (χ1v) is 6.16. The number of hydrogen-bond acceptors (Lipinski definition) is 4. The maximum absolute atomic E-state index is 13.0. The minimum absolute atomic E-state index is 0.0852. The van der Waals surface area contributed by atoms with Crippen molar-refractivity contribution < 1.29 is 9.18 Å². The number of carbonyl (C=O) groups excluding carboxylic acids is 1. The van der Waals surface area contributed by atoms with Gasteiger partial charge >= 0.3 is 0 Å². The van der Waals surface area contributed by atoms with Crippen LogP contribution < -0.4 is 10.6 Å². The molecule has 0 aliphatic heterocycles. The first-order chi connectivity index (χ1) is 9.54. The maximum Gasteiger partial charge on any atom is 0.221 e. The third-order valence-corrected chi connectivity index (χ3v) is 2.71. The summed E-state index contributed by atoms with van der Waals surface area (Å²) >= 11 is 0. The van der Waals surface area contributed by atoms with Crippen LogP contribution in [0.5, 0.6) is 0 Å². The summed E-state index contributed by atoms with van der Waals surface area (Å²) in [5.74, 6) is -0.294. The predicted molar refractivity (Wildman–Crippen MR) is 74.8 cm³/mol. The molecular formula is C14H15FN4O. The van der Waals surface area contributed by atoms with Gasteiger partial charge in [-0.2, -0.15) is 4.39 Å². The lowest BCUT2D eigenvalue weighted by atomic mass is 10.1. The molecule has 0 fully saturated rings. The van der Waals surface area contributed by atoms with E-state index in [1.165, 1.54) is 13.0 Å². The van der Waals surface area contributed by atoms with E-state index in [-0.39, 0.29) is 11.9 Å². The number of aromatic nitrogens is 2. The Balaban J connectivity index is 2.12. The number of halogens is 1. The fourth-order valence-corrected chi connectivity index (χ4v) is 1.81. The molecule has 2 aromatic rings. The first kappa shape index (κ1) is 13.9. The van der Waals surface area contributed by atoms with E-state index in [2.05, 4.69) is 20.6 Å². The Morgan fingerprint density at radius 3 is 2.80 bits per heavy atom. The summed E-state index contributed by atoms with van der Waals surface area (Å²) < 4.78 is 13.0. The van der Waals surface area contributed by atoms with Gasteiger partial charge < -0.3 is 10.6 Å². The van der Waals surface area contributed by atoms with Crippen molar-refractivity contribution in [1.29, 1.82) is 0 Å². The Morgan fingerprint density at radius 2 is 2.10 bits per heavy atom. The molecule has 0 saturated heterocycles. The minimum Gasteiger partial charge on any atom is -0.363 e. The zero-order chi connectivity index (χ0) is 14.5. The minimum atomic E-state index is -0.582. The van der Waals surface area contributed by atoms with Crippen LogP contribution in [0.15, 0.2) is 36.7 Å². The number of carbonyl (C=O) groups is 1. The van der Waals surface area contributed by atoms with Crippen molar-refractivity contribution in [2.24, 2.45) is 0 Å². The second-order valence-electron chi connectivity index (χ2n) is 4.40. The van der Waals surface area contributed by atoms with E-state index in [0.29, 0.717) is 5.82 Å². The molecule has 0 spiro atoms. The number of nitrogens with one attached hydrogen (secondary N) is 2. The Morgan fingerprint density at radius 1 is 1.30 bits per heavy atom. The van der Waals surface area contributed by atoms with Gasteiger partial charge in [-0.15, -0.1) is 0 Å². The van der Waals surface area contributed by atoms with Crippen LogP contribution in [0.1, 0.15) is 25.5 Å². The summed E-state index contributed by atoms with van der Waals surface area (Å²) in [6, 6.07) is 8.57. The second-order valence-corrected chi connectivity index (χ2v) is 4.40. The van der Waals surface area contributed by atoms with Crippen molar-refractivity contribution in [3.8, 4) is 0 Å². The van der Waals surface area contributed by atoms with Crippen LogP contribution in [-0.4, -0.2) is 15.9 Å². The summed E-state index contributed by atoms with van der Waals surface area (Å²) in [5, 5.41) is 5.80. The highest BCUT2D eigenvalue weighted by Gasteiger charge is 2.08. The second kappa shape index (κ2) is 6.10. The van der Waals surface area contributed by atoms with Crippen molar-refractivity contribution in [1.82, 2.24) is 9.97 Å². The monoisotopic (exact) mass is 274 g/mol. The molecule has 5 nitrogen and oxygen atoms in total. The van der Waals surface area contributed by atoms with Gasteiger partial charge in [-0.05, 0) is 24.6 Å². The van der Waals surface area contributed by atoms with Gasteiger partial charge in [0.2, 0.25) is 11.9 Å². The third kappa shape index (κ3) is 3.74. The zero-order valence-corrected chi connectivity index (χ0v) is 11.2. The van der Waals surface area contributed by atoms with Crippen LogP contribution in [0, 0.1) is 5.95 Å². The molecule has 104 valence electrons. The van der Waals surface area contributed by atoms with Gasteiger partial charge in [0.15, 0.2) is 0 Å². The highest BCUT2D eigenvalue weighted by molar-refractivity contribution is 5.88. The molecule has 1 aromatic heterocycles. The van der Waals surface area contributed by atoms with Crippen LogP contribution in [0.3, 0.4) is 0 Å². The third-order valence-electron chi connectivity index (χ3n) is 2.71. The van der Waals surface area contributed by atoms with E-state index >= 15 is 0 Å². The van der Waals surface area contributed by atoms with E-state index in [0.717, 1.165) is 17.6 Å². The van der Waals surface area contributed by atoms with Crippen molar-refractivity contribution in [2.45, 2.75) is 19.9 Å². The lowest BCUT2D eigenvalue weighted by Gasteiger charge is -2.15. The van der Waals surface area contributed by atoms with Crippen molar-refractivity contribution in [2.75, 3.05) is 10.6 Å². The Labute approximate surface area is 116 Å². The van der Waals surface area contributed by atoms with E-state index in [1.807, 2.05) is 31.2 Å². The number of hydrogen-bond donors (Lipinski definition) is 2. The van der Waals surface area contributed by atoms with E-state index in [9.17, 15) is 9.18 Å². The first-order valence-electron chi connectivity index (χ1n) is 6.16. The van der Waals surface area contributed by atoms with Gasteiger partial charge in [-0.25, -0.2) is 9.97 Å². The molecule has 2 rings (SSSR count). The fraction of sp³-hybridized carbons (Fsp3) is 0.214. The molecule has 6 heteroatoms. The molecule has 0 aliphatic rings. The average Bonchev–Trinajstić information content (AvgIpc) is 2.38. The highest BCUT2D eigenvalue weighted by Crippen LogP contribution is 2.20. The zero-order valence-electron chi connectivity index (χ0n) is 11.2. The predicted octanol–water partition coefficient (Wildman–Crippen LogP) is 2.75. The smallest absolute Gasteiger partial charge is 0.221 e. The molecule has 1 atom stereocenters. The van der Waals surface area contributed by atoms with Crippen molar-refractivity contribution in [3.63, 3.8) is 0 Å². The summed E-state index contributed by atoms with van der Waals surface area (Å²) in [7, 11) is 0. The van der Waals surface area contributed by atoms with Gasteiger partial charge in [-0.3, -0.25) is 4.79 Å². The Kier molecular flexibility index (Phi) is 4.24. The Bertz CT molecular complexity index is 618. The lowest BCUT2D eigenvalue weighted by Crippen LogP contribution is -2.10. The summed E-state index contributed by atoms with van der Waals surface area (Å²) in [6.07, 6.45) is 1.16.